The number of nitrogens with zero attached hydrogens (tertiary/aromatic N) is 4. The first kappa shape index (κ1) is 29.7. The highest BCUT2D eigenvalue weighted by Gasteiger charge is 2.47. The first-order chi connectivity index (χ1) is 21.5. The summed E-state index contributed by atoms with van der Waals surface area (Å²) in [6, 6.07) is 14.2. The van der Waals surface area contributed by atoms with Gasteiger partial charge in [-0.25, -0.2) is 36.7 Å². The molecule has 1 aliphatic rings. The van der Waals surface area contributed by atoms with E-state index >= 15 is 8.78 Å². The number of aromatic carboxylic acids is 1. The Morgan fingerprint density at radius 3 is 2.53 bits per heavy atom. The van der Waals surface area contributed by atoms with Gasteiger partial charge in [-0.3, -0.25) is 0 Å². The molecule has 13 heteroatoms. The van der Waals surface area contributed by atoms with Gasteiger partial charge in [-0.2, -0.15) is 5.26 Å². The van der Waals surface area contributed by atoms with Gasteiger partial charge in [0.05, 0.1) is 40.5 Å². The molecule has 1 saturated heterocycles. The molecular formula is C32H21F5N4O4. The molecule has 0 saturated carbocycles. The minimum atomic E-state index is -3.32. The van der Waals surface area contributed by atoms with Gasteiger partial charge >= 0.3 is 5.97 Å². The van der Waals surface area contributed by atoms with Crippen LogP contribution < -0.4 is 4.74 Å². The number of rotatable bonds is 8. The van der Waals surface area contributed by atoms with Crippen molar-refractivity contribution in [3.63, 3.8) is 0 Å². The summed E-state index contributed by atoms with van der Waals surface area (Å²) in [6.45, 7) is -1.48. The fourth-order valence-corrected chi connectivity index (χ4v) is 5.16. The van der Waals surface area contributed by atoms with E-state index in [-0.39, 0.29) is 75.9 Å². The first-order valence-corrected chi connectivity index (χ1v) is 13.5. The molecule has 1 unspecified atom stereocenters. The van der Waals surface area contributed by atoms with E-state index < -0.39 is 42.0 Å². The predicted molar refractivity (Wildman–Crippen MR) is 149 cm³/mol. The minimum Gasteiger partial charge on any atom is -0.478 e. The zero-order chi connectivity index (χ0) is 31.9. The first-order valence-electron chi connectivity index (χ1n) is 13.5. The zero-order valence-electron chi connectivity index (χ0n) is 23.1. The summed E-state index contributed by atoms with van der Waals surface area (Å²) < 4.78 is 86.5. The molecule has 6 rings (SSSR count). The topological polar surface area (TPSA) is 110 Å². The van der Waals surface area contributed by atoms with Crippen LogP contribution in [0.5, 0.6) is 5.88 Å². The third-order valence-corrected chi connectivity index (χ3v) is 7.42. The fourth-order valence-electron chi connectivity index (χ4n) is 5.16. The molecule has 5 aromatic rings. The Hall–Kier alpha value is -5.35. The number of hydrogen-bond donors (Lipinski definition) is 1. The SMILES string of the molecule is N#Cc1ccc(COc2cccc(-c3cc(F)c(Cc4nc5ccc(C(=O)O)cc5n4C4COCC4(F)F)cc3F)n2)c(F)c1. The van der Waals surface area contributed by atoms with Crippen molar-refractivity contribution in [3.8, 4) is 23.2 Å². The van der Waals surface area contributed by atoms with Crippen molar-refractivity contribution in [1.82, 2.24) is 14.5 Å². The lowest BCUT2D eigenvalue weighted by atomic mass is 10.0. The van der Waals surface area contributed by atoms with E-state index in [0.717, 1.165) is 22.8 Å². The molecule has 0 amide bonds. The molecule has 228 valence electrons. The van der Waals surface area contributed by atoms with Crippen molar-refractivity contribution in [2.45, 2.75) is 25.0 Å². The van der Waals surface area contributed by atoms with Gasteiger partial charge in [0.15, 0.2) is 0 Å². The van der Waals surface area contributed by atoms with Crippen LogP contribution in [-0.2, 0) is 17.8 Å². The van der Waals surface area contributed by atoms with E-state index in [2.05, 4.69) is 9.97 Å². The van der Waals surface area contributed by atoms with E-state index in [4.69, 9.17) is 14.7 Å². The number of alkyl halides is 2. The van der Waals surface area contributed by atoms with Gasteiger partial charge in [-0.1, -0.05) is 12.1 Å². The second-order valence-electron chi connectivity index (χ2n) is 10.4. The highest BCUT2D eigenvalue weighted by atomic mass is 19.3. The van der Waals surface area contributed by atoms with Gasteiger partial charge in [-0.15, -0.1) is 0 Å². The molecule has 45 heavy (non-hydrogen) atoms. The largest absolute Gasteiger partial charge is 0.478 e. The number of halogens is 5. The maximum Gasteiger partial charge on any atom is 0.335 e. The Bertz CT molecular complexity index is 2010. The molecule has 1 aliphatic heterocycles. The van der Waals surface area contributed by atoms with E-state index in [1.807, 2.05) is 6.07 Å². The van der Waals surface area contributed by atoms with Gasteiger partial charge in [0.2, 0.25) is 5.88 Å². The molecule has 8 nitrogen and oxygen atoms in total. The standard InChI is InChI=1S/C32H21F5N4O4/c33-22-8-17(13-38)4-5-19(22)14-45-30-3-1-2-25(40-30)21-12-23(34)20(9-24(21)35)11-29-39-26-7-6-18(31(42)43)10-27(26)41(29)28-15-44-16-32(28,36)37/h1-10,12,28H,11,14-16H2,(H,42,43). The number of fused-ring (bicyclic) bond motifs is 1. The number of imidazole rings is 1. The molecule has 1 fully saturated rings. The molecule has 0 bridgehead atoms. The third kappa shape index (κ3) is 5.80. The van der Waals surface area contributed by atoms with Crippen molar-refractivity contribution >= 4 is 17.0 Å². The monoisotopic (exact) mass is 620 g/mol. The average Bonchev–Trinajstić information content (AvgIpc) is 3.55. The number of ether oxygens (including phenoxy) is 2. The second-order valence-corrected chi connectivity index (χ2v) is 10.4. The molecule has 0 aliphatic carbocycles. The number of benzene rings is 3. The maximum absolute atomic E-state index is 15.5. The summed E-state index contributed by atoms with van der Waals surface area (Å²) in [4.78, 5) is 20.1. The van der Waals surface area contributed by atoms with Gasteiger partial charge in [0.1, 0.15) is 42.5 Å². The molecule has 1 atom stereocenters. The van der Waals surface area contributed by atoms with Crippen molar-refractivity contribution in [3.05, 3.63) is 112 Å². The van der Waals surface area contributed by atoms with Gasteiger partial charge in [0.25, 0.3) is 5.92 Å². The Morgan fingerprint density at radius 1 is 1.02 bits per heavy atom. The maximum atomic E-state index is 15.5. The Kier molecular flexibility index (Phi) is 7.68. The number of carbonyl (C=O) groups is 1. The lowest BCUT2D eigenvalue weighted by Gasteiger charge is -2.21. The predicted octanol–water partition coefficient (Wildman–Crippen LogP) is 6.46. The lowest BCUT2D eigenvalue weighted by Crippen LogP contribution is -2.30. The van der Waals surface area contributed by atoms with E-state index in [0.29, 0.717) is 0 Å². The Balaban J connectivity index is 1.30. The number of carboxylic acid groups (broad SMARTS) is 1. The average molecular weight is 621 g/mol. The van der Waals surface area contributed by atoms with Crippen molar-refractivity contribution in [2.75, 3.05) is 13.2 Å². The molecule has 0 radical (unpaired) electrons. The summed E-state index contributed by atoms with van der Waals surface area (Å²) in [5.74, 6) is -6.98. The third-order valence-electron chi connectivity index (χ3n) is 7.42. The molecular weight excluding hydrogens is 599 g/mol. The summed E-state index contributed by atoms with van der Waals surface area (Å²) in [6.07, 6.45) is -0.389. The fraction of sp³-hybridized carbons (Fsp3) is 0.188. The molecule has 0 spiro atoms. The number of aromatic nitrogens is 3. The summed E-state index contributed by atoms with van der Waals surface area (Å²) in [5.41, 5.74) is 0.0874. The van der Waals surface area contributed by atoms with Crippen LogP contribution in [0.4, 0.5) is 22.0 Å². The lowest BCUT2D eigenvalue weighted by molar-refractivity contribution is -0.0320. The van der Waals surface area contributed by atoms with E-state index in [1.54, 1.807) is 0 Å². The van der Waals surface area contributed by atoms with Crippen molar-refractivity contribution < 1.29 is 41.3 Å². The van der Waals surface area contributed by atoms with E-state index in [1.165, 1.54) is 48.5 Å². The van der Waals surface area contributed by atoms with Gasteiger partial charge in [-0.05, 0) is 54.1 Å². The highest BCUT2D eigenvalue weighted by Crippen LogP contribution is 2.39. The van der Waals surface area contributed by atoms with Crippen LogP contribution in [-0.4, -0.2) is 44.7 Å². The number of pyridine rings is 1. The molecule has 3 heterocycles. The number of carboxylic acids is 1. The molecule has 1 N–H and O–H groups in total. The summed E-state index contributed by atoms with van der Waals surface area (Å²) in [7, 11) is 0. The van der Waals surface area contributed by atoms with Crippen LogP contribution in [0.2, 0.25) is 0 Å². The smallest absolute Gasteiger partial charge is 0.335 e. The number of hydrogen-bond acceptors (Lipinski definition) is 6. The van der Waals surface area contributed by atoms with E-state index in [9.17, 15) is 23.1 Å². The van der Waals surface area contributed by atoms with Crippen LogP contribution in [0.15, 0.2) is 66.7 Å². The Labute approximate surface area is 251 Å². The normalized spacial score (nSPS) is 15.7. The molecule has 3 aromatic carbocycles. The quantitative estimate of drug-likeness (QED) is 0.198. The van der Waals surface area contributed by atoms with Crippen molar-refractivity contribution in [2.24, 2.45) is 0 Å². The highest BCUT2D eigenvalue weighted by molar-refractivity contribution is 5.92. The zero-order valence-corrected chi connectivity index (χ0v) is 23.1. The van der Waals surface area contributed by atoms with Crippen LogP contribution in [0.1, 0.15) is 38.9 Å². The second kappa shape index (κ2) is 11.6. The van der Waals surface area contributed by atoms with Crippen molar-refractivity contribution in [1.29, 1.82) is 5.26 Å². The van der Waals surface area contributed by atoms with Gasteiger partial charge < -0.3 is 19.1 Å². The van der Waals surface area contributed by atoms with Gasteiger partial charge in [0, 0.05) is 23.6 Å². The Morgan fingerprint density at radius 2 is 1.82 bits per heavy atom. The summed E-state index contributed by atoms with van der Waals surface area (Å²) in [5, 5.41) is 18.3. The minimum absolute atomic E-state index is 0.00861. The van der Waals surface area contributed by atoms with Crippen LogP contribution >= 0.6 is 0 Å². The summed E-state index contributed by atoms with van der Waals surface area (Å²) >= 11 is 0. The van der Waals surface area contributed by atoms with Crippen LogP contribution in [0.25, 0.3) is 22.3 Å². The molecule has 2 aromatic heterocycles. The van der Waals surface area contributed by atoms with Crippen LogP contribution in [0.3, 0.4) is 0 Å². The number of nitriles is 1. The van der Waals surface area contributed by atoms with Crippen LogP contribution in [0, 0.1) is 28.8 Å².